The van der Waals surface area contributed by atoms with Crippen LogP contribution in [0.4, 0.5) is 11.5 Å². The molecule has 1 aliphatic rings. The Morgan fingerprint density at radius 2 is 1.81 bits per heavy atom. The van der Waals surface area contributed by atoms with Crippen molar-refractivity contribution in [1.82, 2.24) is 14.3 Å². The molecule has 0 aliphatic carbocycles. The molecular weight excluding hydrogens is 422 g/mol. The van der Waals surface area contributed by atoms with Crippen LogP contribution in [0.5, 0.6) is 0 Å². The van der Waals surface area contributed by atoms with Crippen molar-refractivity contribution in [3.63, 3.8) is 0 Å². The van der Waals surface area contributed by atoms with Crippen LogP contribution in [0, 0.1) is 6.92 Å². The van der Waals surface area contributed by atoms with Crippen molar-refractivity contribution in [2.75, 3.05) is 30.7 Å². The Morgan fingerprint density at radius 3 is 2.48 bits per heavy atom. The van der Waals surface area contributed by atoms with Gasteiger partial charge < -0.3 is 15.8 Å². The summed E-state index contributed by atoms with van der Waals surface area (Å²) in [6, 6.07) is 4.65. The molecule has 0 bridgehead atoms. The normalized spacial score (nSPS) is 15.1. The third-order valence-electron chi connectivity index (χ3n) is 4.91. The molecule has 0 unspecified atom stereocenters. The summed E-state index contributed by atoms with van der Waals surface area (Å²) in [5.41, 5.74) is 6.25. The van der Waals surface area contributed by atoms with Gasteiger partial charge in [0, 0.05) is 31.2 Å². The van der Waals surface area contributed by atoms with Gasteiger partial charge in [-0.2, -0.15) is 4.31 Å². The highest BCUT2D eigenvalue weighted by atomic mass is 32.2. The molecule has 0 saturated carbocycles. The van der Waals surface area contributed by atoms with Gasteiger partial charge in [0.1, 0.15) is 0 Å². The van der Waals surface area contributed by atoms with Crippen LogP contribution in [0.25, 0.3) is 0 Å². The van der Waals surface area contributed by atoms with E-state index in [1.807, 2.05) is 0 Å². The summed E-state index contributed by atoms with van der Waals surface area (Å²) in [6.45, 7) is 2.10. The van der Waals surface area contributed by atoms with E-state index in [2.05, 4.69) is 15.3 Å². The number of aromatic nitrogens is 2. The van der Waals surface area contributed by atoms with Crippen LogP contribution in [-0.2, 0) is 19.6 Å². The molecule has 1 saturated heterocycles. The summed E-state index contributed by atoms with van der Waals surface area (Å²) in [7, 11) is -3.67. The number of carbonyl (C=O) groups excluding carboxylic acids is 2. The molecule has 11 heteroatoms. The lowest BCUT2D eigenvalue weighted by atomic mass is 10.2. The number of sulfonamides is 1. The summed E-state index contributed by atoms with van der Waals surface area (Å²) in [4.78, 5) is 31.9. The van der Waals surface area contributed by atoms with E-state index < -0.39 is 28.5 Å². The first-order valence-electron chi connectivity index (χ1n) is 9.93. The molecule has 0 spiro atoms. The number of anilines is 2. The first-order chi connectivity index (χ1) is 14.8. The van der Waals surface area contributed by atoms with Gasteiger partial charge in [-0.15, -0.1) is 0 Å². The maximum Gasteiger partial charge on any atom is 0.361 e. The van der Waals surface area contributed by atoms with Gasteiger partial charge in [-0.3, -0.25) is 4.79 Å². The minimum atomic E-state index is -3.67. The third-order valence-corrected chi connectivity index (χ3v) is 6.95. The van der Waals surface area contributed by atoms with Gasteiger partial charge in [-0.25, -0.2) is 23.2 Å². The van der Waals surface area contributed by atoms with E-state index >= 15 is 0 Å². The maximum atomic E-state index is 13.1. The molecule has 3 N–H and O–H groups in total. The van der Waals surface area contributed by atoms with Crippen molar-refractivity contribution < 1.29 is 22.7 Å². The number of carbonyl (C=O) groups is 2. The number of ether oxygens (including phenoxy) is 1. The number of nitrogen functional groups attached to an aromatic ring is 1. The summed E-state index contributed by atoms with van der Waals surface area (Å²) >= 11 is 0. The average molecular weight is 448 g/mol. The number of amides is 1. The SMILES string of the molecule is Cc1ccc(NC(=O)COC(=O)c2nccnc2N)cc1S(=O)(=O)N1CCCCCC1. The van der Waals surface area contributed by atoms with Gasteiger partial charge in [0.15, 0.2) is 18.1 Å². The summed E-state index contributed by atoms with van der Waals surface area (Å²) in [6.07, 6.45) is 6.30. The van der Waals surface area contributed by atoms with Gasteiger partial charge in [-0.05, 0) is 37.5 Å². The van der Waals surface area contributed by atoms with Crippen molar-refractivity contribution in [2.24, 2.45) is 0 Å². The molecule has 1 aliphatic heterocycles. The number of benzene rings is 1. The van der Waals surface area contributed by atoms with E-state index in [-0.39, 0.29) is 16.4 Å². The molecule has 10 nitrogen and oxygen atoms in total. The van der Waals surface area contributed by atoms with E-state index in [9.17, 15) is 18.0 Å². The fourth-order valence-corrected chi connectivity index (χ4v) is 5.05. The summed E-state index contributed by atoms with van der Waals surface area (Å²) in [5, 5.41) is 2.55. The Hall–Kier alpha value is -3.05. The van der Waals surface area contributed by atoms with Gasteiger partial charge >= 0.3 is 5.97 Å². The van der Waals surface area contributed by atoms with Crippen LogP contribution in [0.3, 0.4) is 0 Å². The maximum absolute atomic E-state index is 13.1. The van der Waals surface area contributed by atoms with E-state index in [1.54, 1.807) is 19.1 Å². The number of nitrogens with one attached hydrogen (secondary N) is 1. The first kappa shape index (κ1) is 22.6. The van der Waals surface area contributed by atoms with Crippen LogP contribution in [0.1, 0.15) is 41.7 Å². The zero-order valence-electron chi connectivity index (χ0n) is 17.2. The van der Waals surface area contributed by atoms with Gasteiger partial charge in [-0.1, -0.05) is 18.9 Å². The highest BCUT2D eigenvalue weighted by Gasteiger charge is 2.27. The number of aryl methyl sites for hydroxylation is 1. The second kappa shape index (κ2) is 9.84. The largest absolute Gasteiger partial charge is 0.451 e. The molecule has 0 atom stereocenters. The Bertz CT molecular complexity index is 1070. The average Bonchev–Trinajstić information content (AvgIpc) is 3.04. The first-order valence-corrected chi connectivity index (χ1v) is 11.4. The van der Waals surface area contributed by atoms with Crippen LogP contribution in [0.2, 0.25) is 0 Å². The van der Waals surface area contributed by atoms with E-state index in [1.165, 1.54) is 22.8 Å². The topological polar surface area (TPSA) is 145 Å². The lowest BCUT2D eigenvalue weighted by Gasteiger charge is -2.21. The molecule has 2 aromatic rings. The highest BCUT2D eigenvalue weighted by Crippen LogP contribution is 2.25. The van der Waals surface area contributed by atoms with E-state index in [4.69, 9.17) is 10.5 Å². The van der Waals surface area contributed by atoms with E-state index in [0.717, 1.165) is 25.7 Å². The van der Waals surface area contributed by atoms with E-state index in [0.29, 0.717) is 24.3 Å². The minimum Gasteiger partial charge on any atom is -0.451 e. The fraction of sp³-hybridized carbons (Fsp3) is 0.400. The molecule has 0 radical (unpaired) electrons. The molecule has 1 amide bonds. The van der Waals surface area contributed by atoms with Crippen LogP contribution in [-0.4, -0.2) is 54.3 Å². The number of nitrogens with two attached hydrogens (primary N) is 1. The molecule has 1 aromatic heterocycles. The van der Waals surface area contributed by atoms with Crippen LogP contribution in [0.15, 0.2) is 35.5 Å². The Morgan fingerprint density at radius 1 is 1.13 bits per heavy atom. The molecule has 1 fully saturated rings. The number of esters is 1. The molecule has 166 valence electrons. The predicted octanol–water partition coefficient (Wildman–Crippen LogP) is 1.73. The van der Waals surface area contributed by atoms with Crippen LogP contribution < -0.4 is 11.1 Å². The zero-order valence-corrected chi connectivity index (χ0v) is 18.0. The molecule has 2 heterocycles. The molecule has 31 heavy (non-hydrogen) atoms. The Balaban J connectivity index is 1.67. The lowest BCUT2D eigenvalue weighted by Crippen LogP contribution is -2.32. The second-order valence-electron chi connectivity index (χ2n) is 7.21. The standard InChI is InChI=1S/C20H25N5O5S/c1-14-6-7-15(12-16(14)31(28,29)25-10-4-2-3-5-11-25)24-17(26)13-30-20(27)18-19(21)23-9-8-22-18/h6-9,12H,2-5,10-11,13H2,1H3,(H2,21,23)(H,24,26). The van der Waals surface area contributed by atoms with Crippen molar-refractivity contribution in [3.05, 3.63) is 41.9 Å². The second-order valence-corrected chi connectivity index (χ2v) is 9.12. The minimum absolute atomic E-state index is 0.102. The smallest absolute Gasteiger partial charge is 0.361 e. The van der Waals surface area contributed by atoms with Crippen molar-refractivity contribution in [2.45, 2.75) is 37.5 Å². The monoisotopic (exact) mass is 447 g/mol. The highest BCUT2D eigenvalue weighted by molar-refractivity contribution is 7.89. The van der Waals surface area contributed by atoms with Crippen molar-refractivity contribution >= 4 is 33.4 Å². The summed E-state index contributed by atoms with van der Waals surface area (Å²) in [5.74, 6) is -1.61. The molecule has 1 aromatic carbocycles. The number of hydrogen-bond donors (Lipinski definition) is 2. The Labute approximate surface area is 180 Å². The van der Waals surface area contributed by atoms with Crippen molar-refractivity contribution in [3.8, 4) is 0 Å². The molecule has 3 rings (SSSR count). The number of hydrogen-bond acceptors (Lipinski definition) is 8. The van der Waals surface area contributed by atoms with Gasteiger partial charge in [0.05, 0.1) is 4.90 Å². The fourth-order valence-electron chi connectivity index (χ4n) is 3.28. The van der Waals surface area contributed by atoms with Crippen LogP contribution >= 0.6 is 0 Å². The lowest BCUT2D eigenvalue weighted by molar-refractivity contribution is -0.119. The zero-order chi connectivity index (χ0) is 22.4. The quantitative estimate of drug-likeness (QED) is 0.637. The van der Waals surface area contributed by atoms with Gasteiger partial charge in [0.25, 0.3) is 5.91 Å². The van der Waals surface area contributed by atoms with Crippen molar-refractivity contribution in [1.29, 1.82) is 0 Å². The van der Waals surface area contributed by atoms with Gasteiger partial charge in [0.2, 0.25) is 10.0 Å². The predicted molar refractivity (Wildman–Crippen MR) is 114 cm³/mol. The molecular formula is C20H25N5O5S. The third kappa shape index (κ3) is 5.56. The Kier molecular flexibility index (Phi) is 7.18. The summed E-state index contributed by atoms with van der Waals surface area (Å²) < 4.78 is 32.7. The number of rotatable bonds is 6. The number of nitrogens with zero attached hydrogens (tertiary/aromatic N) is 3.